The van der Waals surface area contributed by atoms with Crippen molar-refractivity contribution in [2.75, 3.05) is 6.61 Å². The number of allylic oxidation sites excluding steroid dienone is 1. The van der Waals surface area contributed by atoms with Crippen molar-refractivity contribution in [2.45, 2.75) is 13.3 Å². The third-order valence-corrected chi connectivity index (χ3v) is 2.46. The monoisotopic (exact) mass is 254 g/mol. The Kier molecular flexibility index (Phi) is 5.52. The number of ether oxygens (including phenoxy) is 1. The fourth-order valence-corrected chi connectivity index (χ4v) is 1.46. The van der Waals surface area contributed by atoms with E-state index in [0.717, 1.165) is 5.56 Å². The summed E-state index contributed by atoms with van der Waals surface area (Å²) in [6.07, 6.45) is 1.86. The van der Waals surface area contributed by atoms with Gasteiger partial charge in [-0.05, 0) is 25.0 Å². The normalized spacial score (nSPS) is 11.1. The first-order valence-corrected chi connectivity index (χ1v) is 5.55. The molecule has 1 rings (SSSR count). The van der Waals surface area contributed by atoms with Crippen molar-refractivity contribution in [1.29, 1.82) is 0 Å². The van der Waals surface area contributed by atoms with E-state index in [1.165, 1.54) is 6.08 Å². The molecule has 1 aromatic carbocycles. The highest BCUT2D eigenvalue weighted by atomic mass is 35.5. The summed E-state index contributed by atoms with van der Waals surface area (Å²) in [5.41, 5.74) is 2.30. The molecule has 0 bridgehead atoms. The van der Waals surface area contributed by atoms with E-state index in [0.29, 0.717) is 11.4 Å². The SMILES string of the molecule is CCOC(=O)/C(=C\Cc1ccccc1Cl)N[O-]. The van der Waals surface area contributed by atoms with E-state index >= 15 is 0 Å². The minimum absolute atomic E-state index is 0.105. The molecule has 0 atom stereocenters. The predicted molar refractivity (Wildman–Crippen MR) is 66.4 cm³/mol. The smallest absolute Gasteiger partial charge is 0.353 e. The Hall–Kier alpha value is -1.52. The van der Waals surface area contributed by atoms with Crippen LogP contribution in [0.5, 0.6) is 0 Å². The van der Waals surface area contributed by atoms with Crippen molar-refractivity contribution in [1.82, 2.24) is 5.48 Å². The van der Waals surface area contributed by atoms with Gasteiger partial charge in [-0.1, -0.05) is 35.9 Å². The number of benzene rings is 1. The minimum atomic E-state index is -0.658. The number of nitrogens with one attached hydrogen (secondary N) is 1. The van der Waals surface area contributed by atoms with Crippen molar-refractivity contribution in [2.24, 2.45) is 0 Å². The van der Waals surface area contributed by atoms with Crippen molar-refractivity contribution in [3.8, 4) is 0 Å². The van der Waals surface area contributed by atoms with Crippen LogP contribution in [0.3, 0.4) is 0 Å². The highest BCUT2D eigenvalue weighted by Crippen LogP contribution is 2.16. The van der Waals surface area contributed by atoms with E-state index in [9.17, 15) is 10.0 Å². The molecule has 0 saturated carbocycles. The standard InChI is InChI=1S/C12H13ClNO3/c1-2-17-12(15)11(14-16)8-7-9-5-3-4-6-10(9)13/h3-6,8,14H,2,7H2,1H3/q-1/b11-8+. The zero-order valence-electron chi connectivity index (χ0n) is 9.40. The predicted octanol–water partition coefficient (Wildman–Crippen LogP) is 2.42. The second-order valence-electron chi connectivity index (χ2n) is 3.24. The first-order valence-electron chi connectivity index (χ1n) is 5.17. The highest BCUT2D eigenvalue weighted by molar-refractivity contribution is 6.31. The molecule has 0 aromatic heterocycles. The van der Waals surface area contributed by atoms with Gasteiger partial charge in [0.25, 0.3) is 0 Å². The molecule has 0 fully saturated rings. The van der Waals surface area contributed by atoms with Crippen molar-refractivity contribution >= 4 is 17.6 Å². The number of halogens is 1. The molecule has 0 spiro atoms. The van der Waals surface area contributed by atoms with Crippen LogP contribution in [0.25, 0.3) is 0 Å². The van der Waals surface area contributed by atoms with Gasteiger partial charge in [-0.3, -0.25) is 0 Å². The summed E-state index contributed by atoms with van der Waals surface area (Å²) in [4.78, 5) is 11.3. The molecule has 0 unspecified atom stereocenters. The first kappa shape index (κ1) is 13.5. The molecule has 1 N–H and O–H groups in total. The van der Waals surface area contributed by atoms with Crippen molar-refractivity contribution < 1.29 is 9.53 Å². The molecular weight excluding hydrogens is 242 g/mol. The van der Waals surface area contributed by atoms with Crippen LogP contribution in [0.1, 0.15) is 12.5 Å². The van der Waals surface area contributed by atoms with E-state index in [1.807, 2.05) is 18.2 Å². The largest absolute Gasteiger partial charge is 0.761 e. The number of hydroxylamine groups is 1. The van der Waals surface area contributed by atoms with Gasteiger partial charge < -0.3 is 15.4 Å². The number of hydrogen-bond donors (Lipinski definition) is 1. The molecule has 0 saturated heterocycles. The van der Waals surface area contributed by atoms with Gasteiger partial charge in [0.2, 0.25) is 0 Å². The average molecular weight is 255 g/mol. The van der Waals surface area contributed by atoms with Crippen LogP contribution in [0, 0.1) is 5.21 Å². The summed E-state index contributed by atoms with van der Waals surface area (Å²) in [5, 5.41) is 11.2. The molecule has 4 nitrogen and oxygen atoms in total. The molecule has 17 heavy (non-hydrogen) atoms. The van der Waals surface area contributed by atoms with Gasteiger partial charge in [0.15, 0.2) is 0 Å². The van der Waals surface area contributed by atoms with Crippen LogP contribution < -0.4 is 5.48 Å². The molecule has 0 radical (unpaired) electrons. The van der Waals surface area contributed by atoms with Gasteiger partial charge >= 0.3 is 5.97 Å². The van der Waals surface area contributed by atoms with Crippen molar-refractivity contribution in [3.05, 3.63) is 51.8 Å². The molecule has 92 valence electrons. The summed E-state index contributed by atoms with van der Waals surface area (Å²) in [6.45, 7) is 1.90. The summed E-state index contributed by atoms with van der Waals surface area (Å²) in [7, 11) is 0. The van der Waals surface area contributed by atoms with Crippen molar-refractivity contribution in [3.63, 3.8) is 0 Å². The third kappa shape index (κ3) is 4.09. The lowest BCUT2D eigenvalue weighted by Gasteiger charge is -2.12. The number of carbonyl (C=O) groups excluding carboxylic acids is 1. The highest BCUT2D eigenvalue weighted by Gasteiger charge is 2.06. The van der Waals surface area contributed by atoms with Crippen LogP contribution in [-0.4, -0.2) is 12.6 Å². The summed E-state index contributed by atoms with van der Waals surface area (Å²) in [5.74, 6) is -0.658. The minimum Gasteiger partial charge on any atom is -0.761 e. The van der Waals surface area contributed by atoms with E-state index in [-0.39, 0.29) is 12.3 Å². The van der Waals surface area contributed by atoms with Gasteiger partial charge in [0, 0.05) is 5.02 Å². The zero-order chi connectivity index (χ0) is 12.7. The molecule has 0 amide bonds. The van der Waals surface area contributed by atoms with E-state index in [4.69, 9.17) is 16.3 Å². The molecule has 0 aliphatic carbocycles. The maximum absolute atomic E-state index is 11.3. The lowest BCUT2D eigenvalue weighted by Crippen LogP contribution is -2.17. The lowest BCUT2D eigenvalue weighted by molar-refractivity contribution is -0.138. The number of carbonyl (C=O) groups is 1. The summed E-state index contributed by atoms with van der Waals surface area (Å²) in [6, 6.07) is 7.23. The Morgan fingerprint density at radius 1 is 1.53 bits per heavy atom. The van der Waals surface area contributed by atoms with Gasteiger partial charge in [0.05, 0.1) is 6.61 Å². The molecule has 1 aromatic rings. The zero-order valence-corrected chi connectivity index (χ0v) is 10.2. The van der Waals surface area contributed by atoms with Crippen LogP contribution >= 0.6 is 11.6 Å². The van der Waals surface area contributed by atoms with Gasteiger partial charge in [-0.15, -0.1) is 0 Å². The first-order chi connectivity index (χ1) is 8.19. The summed E-state index contributed by atoms with van der Waals surface area (Å²) >= 11 is 5.95. The van der Waals surface area contributed by atoms with E-state index in [2.05, 4.69) is 0 Å². The van der Waals surface area contributed by atoms with E-state index < -0.39 is 5.97 Å². The number of rotatable bonds is 5. The molecule has 0 heterocycles. The summed E-state index contributed by atoms with van der Waals surface area (Å²) < 4.78 is 4.71. The second-order valence-corrected chi connectivity index (χ2v) is 3.64. The van der Waals surface area contributed by atoms with E-state index in [1.54, 1.807) is 18.5 Å². The van der Waals surface area contributed by atoms with Crippen LogP contribution in [0.15, 0.2) is 36.0 Å². The molecule has 0 aliphatic rings. The maximum Gasteiger partial charge on any atom is 0.353 e. The Balaban J connectivity index is 2.74. The number of esters is 1. The fourth-order valence-electron chi connectivity index (χ4n) is 1.25. The Labute approximate surface area is 105 Å². The van der Waals surface area contributed by atoms with Gasteiger partial charge in [-0.2, -0.15) is 0 Å². The molecular formula is C12H13ClNO3-. The third-order valence-electron chi connectivity index (χ3n) is 2.09. The van der Waals surface area contributed by atoms with Gasteiger partial charge in [-0.25, -0.2) is 4.79 Å². The Morgan fingerprint density at radius 2 is 2.24 bits per heavy atom. The topological polar surface area (TPSA) is 61.4 Å². The van der Waals surface area contributed by atoms with Gasteiger partial charge in [0.1, 0.15) is 5.70 Å². The lowest BCUT2D eigenvalue weighted by atomic mass is 10.1. The average Bonchev–Trinajstić information content (AvgIpc) is 2.32. The molecule has 0 aliphatic heterocycles. The quantitative estimate of drug-likeness (QED) is 0.498. The Bertz CT molecular complexity index is 418. The Morgan fingerprint density at radius 3 is 2.82 bits per heavy atom. The van der Waals surface area contributed by atoms with Crippen LogP contribution in [0.4, 0.5) is 0 Å². The fraction of sp³-hybridized carbons (Fsp3) is 0.250. The van der Waals surface area contributed by atoms with Crippen LogP contribution in [-0.2, 0) is 16.0 Å². The maximum atomic E-state index is 11.3. The van der Waals surface area contributed by atoms with Crippen LogP contribution in [0.2, 0.25) is 5.02 Å². The second kappa shape index (κ2) is 6.93. The number of hydrogen-bond acceptors (Lipinski definition) is 4. The molecule has 5 heteroatoms.